The van der Waals surface area contributed by atoms with Gasteiger partial charge < -0.3 is 16.5 Å². The van der Waals surface area contributed by atoms with Crippen LogP contribution in [0.25, 0.3) is 11.3 Å². The number of H-pyrrole nitrogens is 1. The average molecular weight is 173 g/mol. The highest BCUT2D eigenvalue weighted by Crippen LogP contribution is 2.28. The minimum Gasteiger partial charge on any atom is -0.397 e. The first-order chi connectivity index (χ1) is 6.29. The van der Waals surface area contributed by atoms with Crippen molar-refractivity contribution in [3.8, 4) is 11.3 Å². The summed E-state index contributed by atoms with van der Waals surface area (Å²) in [5.74, 6) is 0. The maximum absolute atomic E-state index is 5.83. The van der Waals surface area contributed by atoms with Crippen LogP contribution in [0.15, 0.2) is 36.5 Å². The maximum Gasteiger partial charge on any atom is 0.0642 e. The van der Waals surface area contributed by atoms with Crippen LogP contribution in [-0.2, 0) is 0 Å². The second-order valence-electron chi connectivity index (χ2n) is 2.89. The van der Waals surface area contributed by atoms with Crippen molar-refractivity contribution in [2.24, 2.45) is 0 Å². The molecule has 0 aliphatic rings. The largest absolute Gasteiger partial charge is 0.397 e. The molecule has 0 aliphatic carbocycles. The van der Waals surface area contributed by atoms with Gasteiger partial charge in [-0.15, -0.1) is 0 Å². The van der Waals surface area contributed by atoms with Crippen LogP contribution in [0.2, 0.25) is 0 Å². The van der Waals surface area contributed by atoms with Gasteiger partial charge in [-0.1, -0.05) is 12.1 Å². The van der Waals surface area contributed by atoms with Crippen LogP contribution in [0.5, 0.6) is 0 Å². The molecule has 0 aliphatic heterocycles. The number of anilines is 2. The minimum atomic E-state index is 0.618. The molecule has 66 valence electrons. The van der Waals surface area contributed by atoms with Crippen LogP contribution in [0, 0.1) is 0 Å². The summed E-state index contributed by atoms with van der Waals surface area (Å²) in [7, 11) is 0. The molecule has 3 nitrogen and oxygen atoms in total. The highest BCUT2D eigenvalue weighted by atomic mass is 14.7. The van der Waals surface area contributed by atoms with Gasteiger partial charge in [0.25, 0.3) is 0 Å². The molecular weight excluding hydrogens is 162 g/mol. The number of hydrogen-bond acceptors (Lipinski definition) is 2. The first-order valence-electron chi connectivity index (χ1n) is 4.07. The van der Waals surface area contributed by atoms with Gasteiger partial charge in [0.05, 0.1) is 11.4 Å². The average Bonchev–Trinajstić information content (AvgIpc) is 2.62. The van der Waals surface area contributed by atoms with Gasteiger partial charge in [-0.25, -0.2) is 0 Å². The van der Waals surface area contributed by atoms with E-state index in [9.17, 15) is 0 Å². The van der Waals surface area contributed by atoms with E-state index in [1.807, 2.05) is 30.5 Å². The number of hydrogen-bond donors (Lipinski definition) is 3. The highest BCUT2D eigenvalue weighted by molar-refractivity contribution is 5.82. The monoisotopic (exact) mass is 173 g/mol. The molecule has 1 aromatic heterocycles. The van der Waals surface area contributed by atoms with E-state index in [2.05, 4.69) is 4.98 Å². The summed E-state index contributed by atoms with van der Waals surface area (Å²) in [5.41, 5.74) is 14.7. The molecule has 0 atom stereocenters. The van der Waals surface area contributed by atoms with Crippen LogP contribution < -0.4 is 11.5 Å². The molecule has 2 aromatic rings. The molecule has 0 radical (unpaired) electrons. The third-order valence-electron chi connectivity index (χ3n) is 2.03. The lowest BCUT2D eigenvalue weighted by Crippen LogP contribution is -1.96. The first kappa shape index (κ1) is 7.73. The number of rotatable bonds is 1. The van der Waals surface area contributed by atoms with Crippen molar-refractivity contribution in [3.05, 3.63) is 36.5 Å². The van der Waals surface area contributed by atoms with Gasteiger partial charge in [-0.2, -0.15) is 0 Å². The Morgan fingerprint density at radius 1 is 1.00 bits per heavy atom. The second-order valence-corrected chi connectivity index (χ2v) is 2.89. The Labute approximate surface area is 76.4 Å². The van der Waals surface area contributed by atoms with Gasteiger partial charge in [0, 0.05) is 17.5 Å². The van der Waals surface area contributed by atoms with Crippen molar-refractivity contribution >= 4 is 11.4 Å². The van der Waals surface area contributed by atoms with Gasteiger partial charge in [0.15, 0.2) is 0 Å². The van der Waals surface area contributed by atoms with Crippen molar-refractivity contribution in [2.45, 2.75) is 0 Å². The molecule has 0 fully saturated rings. The zero-order valence-electron chi connectivity index (χ0n) is 7.12. The van der Waals surface area contributed by atoms with E-state index in [1.165, 1.54) is 0 Å². The fourth-order valence-electron chi connectivity index (χ4n) is 1.32. The van der Waals surface area contributed by atoms with Gasteiger partial charge in [0.2, 0.25) is 0 Å². The smallest absolute Gasteiger partial charge is 0.0642 e. The van der Waals surface area contributed by atoms with Gasteiger partial charge >= 0.3 is 0 Å². The Morgan fingerprint density at radius 3 is 2.54 bits per heavy atom. The summed E-state index contributed by atoms with van der Waals surface area (Å²) in [5, 5.41) is 0. The number of nitrogens with two attached hydrogens (primary N) is 2. The standard InChI is InChI=1S/C10H11N3/c11-8-4-1-3-7(10(8)12)9-5-2-6-13-9/h1-6,13H,11-12H2. The van der Waals surface area contributed by atoms with E-state index in [1.54, 1.807) is 6.07 Å². The number of aromatic amines is 1. The number of benzene rings is 1. The molecule has 0 unspecified atom stereocenters. The van der Waals surface area contributed by atoms with Crippen molar-refractivity contribution in [1.82, 2.24) is 4.98 Å². The number of nitrogen functional groups attached to an aromatic ring is 2. The highest BCUT2D eigenvalue weighted by Gasteiger charge is 2.04. The van der Waals surface area contributed by atoms with E-state index in [0.717, 1.165) is 11.3 Å². The lowest BCUT2D eigenvalue weighted by atomic mass is 10.1. The molecular formula is C10H11N3. The molecule has 3 heteroatoms. The predicted octanol–water partition coefficient (Wildman–Crippen LogP) is 1.85. The van der Waals surface area contributed by atoms with Crippen LogP contribution in [0.1, 0.15) is 0 Å². The Balaban J connectivity index is 2.59. The zero-order chi connectivity index (χ0) is 9.26. The molecule has 0 saturated heterocycles. The van der Waals surface area contributed by atoms with E-state index < -0.39 is 0 Å². The van der Waals surface area contributed by atoms with Crippen LogP contribution in [0.4, 0.5) is 11.4 Å². The molecule has 0 saturated carbocycles. The molecule has 13 heavy (non-hydrogen) atoms. The Bertz CT molecular complexity index is 404. The summed E-state index contributed by atoms with van der Waals surface area (Å²) < 4.78 is 0. The van der Waals surface area contributed by atoms with Gasteiger partial charge in [-0.05, 0) is 18.2 Å². The normalized spacial score (nSPS) is 10.2. The fraction of sp³-hybridized carbons (Fsp3) is 0. The first-order valence-corrected chi connectivity index (χ1v) is 4.07. The molecule has 1 heterocycles. The Hall–Kier alpha value is -1.90. The lowest BCUT2D eigenvalue weighted by Gasteiger charge is -2.05. The van der Waals surface area contributed by atoms with E-state index in [4.69, 9.17) is 11.5 Å². The Kier molecular flexibility index (Phi) is 1.70. The summed E-state index contributed by atoms with van der Waals surface area (Å²) in [6.45, 7) is 0. The summed E-state index contributed by atoms with van der Waals surface area (Å²) in [6.07, 6.45) is 1.86. The van der Waals surface area contributed by atoms with Crippen LogP contribution >= 0.6 is 0 Å². The molecule has 0 spiro atoms. The quantitative estimate of drug-likeness (QED) is 0.576. The van der Waals surface area contributed by atoms with Crippen molar-refractivity contribution in [1.29, 1.82) is 0 Å². The fourth-order valence-corrected chi connectivity index (χ4v) is 1.32. The van der Waals surface area contributed by atoms with Crippen molar-refractivity contribution in [2.75, 3.05) is 11.5 Å². The number of para-hydroxylation sites is 1. The SMILES string of the molecule is Nc1cccc(-c2ccc[nH]2)c1N. The van der Waals surface area contributed by atoms with E-state index in [-0.39, 0.29) is 0 Å². The molecule has 0 amide bonds. The van der Waals surface area contributed by atoms with E-state index >= 15 is 0 Å². The summed E-state index contributed by atoms with van der Waals surface area (Å²) in [6, 6.07) is 9.52. The summed E-state index contributed by atoms with van der Waals surface area (Å²) in [4.78, 5) is 3.09. The number of nitrogens with one attached hydrogen (secondary N) is 1. The third-order valence-corrected chi connectivity index (χ3v) is 2.03. The predicted molar refractivity (Wildman–Crippen MR) is 55.1 cm³/mol. The van der Waals surface area contributed by atoms with Crippen LogP contribution in [0.3, 0.4) is 0 Å². The molecule has 2 rings (SSSR count). The summed E-state index contributed by atoms with van der Waals surface area (Å²) >= 11 is 0. The molecule has 5 N–H and O–H groups in total. The topological polar surface area (TPSA) is 67.8 Å². The van der Waals surface area contributed by atoms with E-state index in [0.29, 0.717) is 11.4 Å². The maximum atomic E-state index is 5.83. The van der Waals surface area contributed by atoms with Gasteiger partial charge in [0.1, 0.15) is 0 Å². The van der Waals surface area contributed by atoms with Crippen LogP contribution in [-0.4, -0.2) is 4.98 Å². The molecule has 0 bridgehead atoms. The Morgan fingerprint density at radius 2 is 1.85 bits per heavy atom. The number of aromatic nitrogens is 1. The van der Waals surface area contributed by atoms with Crippen molar-refractivity contribution in [3.63, 3.8) is 0 Å². The van der Waals surface area contributed by atoms with Crippen molar-refractivity contribution < 1.29 is 0 Å². The second kappa shape index (κ2) is 2.86. The third kappa shape index (κ3) is 1.24. The van der Waals surface area contributed by atoms with Gasteiger partial charge in [-0.3, -0.25) is 0 Å². The lowest BCUT2D eigenvalue weighted by molar-refractivity contribution is 1.40. The zero-order valence-corrected chi connectivity index (χ0v) is 7.12. The minimum absolute atomic E-state index is 0.618. The molecule has 1 aromatic carbocycles.